The summed E-state index contributed by atoms with van der Waals surface area (Å²) in [6, 6.07) is 17.6. The van der Waals surface area contributed by atoms with E-state index in [-0.39, 0.29) is 0 Å². The third-order valence-electron chi connectivity index (χ3n) is 5.17. The average Bonchev–Trinajstić information content (AvgIpc) is 3.32. The molecule has 0 spiro atoms. The van der Waals surface area contributed by atoms with E-state index in [9.17, 15) is 5.26 Å². The fourth-order valence-electron chi connectivity index (χ4n) is 3.59. The van der Waals surface area contributed by atoms with Crippen LogP contribution in [0.1, 0.15) is 11.4 Å². The quantitative estimate of drug-likeness (QED) is 0.387. The molecule has 0 saturated carbocycles. The highest BCUT2D eigenvalue weighted by atomic mass is 16.5. The number of nitrogens with zero attached hydrogens (tertiary/aromatic N) is 5. The predicted octanol–water partition coefficient (Wildman–Crippen LogP) is 3.74. The van der Waals surface area contributed by atoms with Gasteiger partial charge in [0.05, 0.1) is 31.6 Å². The molecule has 0 radical (unpaired) electrons. The number of allylic oxidation sites excluding steroid dienone is 1. The molecule has 168 valence electrons. The minimum Gasteiger partial charge on any atom is -0.493 e. The van der Waals surface area contributed by atoms with Crippen LogP contribution < -0.4 is 14.4 Å². The Balaban J connectivity index is 1.77. The lowest BCUT2D eigenvalue weighted by Gasteiger charge is -2.28. The van der Waals surface area contributed by atoms with Gasteiger partial charge in [0.15, 0.2) is 17.3 Å². The zero-order valence-electron chi connectivity index (χ0n) is 18.5. The van der Waals surface area contributed by atoms with Crippen molar-refractivity contribution in [3.05, 3.63) is 72.6 Å². The number of aromatic nitrogens is 3. The Morgan fingerprint density at radius 1 is 1.15 bits per heavy atom. The van der Waals surface area contributed by atoms with Crippen LogP contribution >= 0.6 is 0 Å². The molecule has 0 amide bonds. The Hall–Kier alpha value is -4.09. The molecule has 0 atom stereocenters. The van der Waals surface area contributed by atoms with Gasteiger partial charge >= 0.3 is 0 Å². The topological polar surface area (TPSA) is 85.4 Å². The van der Waals surface area contributed by atoms with E-state index in [1.54, 1.807) is 19.3 Å². The van der Waals surface area contributed by atoms with Crippen LogP contribution in [0.25, 0.3) is 17.3 Å². The first-order chi connectivity index (χ1) is 16.2. The van der Waals surface area contributed by atoms with Gasteiger partial charge in [0.1, 0.15) is 12.7 Å². The van der Waals surface area contributed by atoms with Crippen LogP contribution in [0.4, 0.5) is 5.95 Å². The summed E-state index contributed by atoms with van der Waals surface area (Å²) in [6.07, 6.45) is 3.44. The average molecular weight is 444 g/mol. The minimum absolute atomic E-state index is 0.374. The summed E-state index contributed by atoms with van der Waals surface area (Å²) in [5, 5.41) is 18.9. The number of benzene rings is 2. The smallest absolute Gasteiger partial charge is 0.232 e. The maximum atomic E-state index is 10.0. The van der Waals surface area contributed by atoms with E-state index in [4.69, 9.17) is 14.2 Å². The van der Waals surface area contributed by atoms with Crippen LogP contribution in [0, 0.1) is 11.3 Å². The number of morpholine rings is 1. The Kier molecular flexibility index (Phi) is 7.03. The van der Waals surface area contributed by atoms with Gasteiger partial charge in [-0.05, 0) is 35.9 Å². The number of ether oxygens (including phenoxy) is 3. The Morgan fingerprint density at radius 3 is 2.64 bits per heavy atom. The largest absolute Gasteiger partial charge is 0.493 e. The van der Waals surface area contributed by atoms with Crippen LogP contribution in [0.15, 0.2) is 61.2 Å². The summed E-state index contributed by atoms with van der Waals surface area (Å²) in [7, 11) is 1.58. The fraction of sp³-hybridized carbons (Fsp3) is 0.240. The lowest BCUT2D eigenvalue weighted by molar-refractivity contribution is 0.122. The Labute approximate surface area is 192 Å². The molecule has 0 N–H and O–H groups in total. The number of rotatable bonds is 8. The van der Waals surface area contributed by atoms with Crippen molar-refractivity contribution in [1.29, 1.82) is 5.26 Å². The standard InChI is InChI=1S/C25H25N5O3/c1-3-13-33-22-10-9-19(17-23(22)31-2)16-20(18-26)24-27-28-25(29-11-14-32-15-12-29)30(24)21-7-5-4-6-8-21/h3-10,16-17H,1,11-15H2,2H3/b20-16+. The Bertz CT molecular complexity index is 1170. The molecule has 8 heteroatoms. The second-order valence-electron chi connectivity index (χ2n) is 7.27. The minimum atomic E-state index is 0.374. The second-order valence-corrected chi connectivity index (χ2v) is 7.27. The molecule has 2 aromatic carbocycles. The van der Waals surface area contributed by atoms with Crippen LogP contribution in [0.3, 0.4) is 0 Å². The fourth-order valence-corrected chi connectivity index (χ4v) is 3.59. The van der Waals surface area contributed by atoms with Gasteiger partial charge in [0.2, 0.25) is 5.95 Å². The van der Waals surface area contributed by atoms with Gasteiger partial charge < -0.3 is 19.1 Å². The van der Waals surface area contributed by atoms with Crippen molar-refractivity contribution in [3.8, 4) is 23.3 Å². The zero-order chi connectivity index (χ0) is 23.0. The van der Waals surface area contributed by atoms with Gasteiger partial charge in [0.25, 0.3) is 0 Å². The number of methoxy groups -OCH3 is 1. The van der Waals surface area contributed by atoms with E-state index >= 15 is 0 Å². The SMILES string of the molecule is C=CCOc1ccc(/C=C(\C#N)c2nnc(N3CCOCC3)n2-c2ccccc2)cc1OC. The maximum absolute atomic E-state index is 10.0. The molecule has 3 aromatic rings. The van der Waals surface area contributed by atoms with E-state index in [1.165, 1.54) is 0 Å². The van der Waals surface area contributed by atoms with E-state index in [0.717, 1.165) is 11.3 Å². The van der Waals surface area contributed by atoms with Gasteiger partial charge in [0, 0.05) is 13.1 Å². The molecule has 33 heavy (non-hydrogen) atoms. The van der Waals surface area contributed by atoms with Gasteiger partial charge in [-0.15, -0.1) is 10.2 Å². The number of anilines is 1. The third kappa shape index (κ3) is 4.89. The number of hydrogen-bond acceptors (Lipinski definition) is 7. The maximum Gasteiger partial charge on any atom is 0.232 e. The van der Waals surface area contributed by atoms with Crippen LogP contribution in [-0.4, -0.2) is 54.8 Å². The van der Waals surface area contributed by atoms with Crippen LogP contribution in [-0.2, 0) is 4.74 Å². The molecule has 0 unspecified atom stereocenters. The van der Waals surface area contributed by atoms with Gasteiger partial charge in [-0.2, -0.15) is 5.26 Å². The second kappa shape index (κ2) is 10.5. The first kappa shape index (κ1) is 22.1. The number of hydrogen-bond donors (Lipinski definition) is 0. The van der Waals surface area contributed by atoms with Gasteiger partial charge in [-0.1, -0.05) is 36.9 Å². The van der Waals surface area contributed by atoms with Crippen molar-refractivity contribution in [2.75, 3.05) is 44.9 Å². The van der Waals surface area contributed by atoms with E-state index in [1.807, 2.05) is 53.1 Å². The highest BCUT2D eigenvalue weighted by molar-refractivity contribution is 5.88. The van der Waals surface area contributed by atoms with Crippen molar-refractivity contribution in [2.24, 2.45) is 0 Å². The molecular formula is C25H25N5O3. The molecule has 0 aliphatic carbocycles. The van der Waals surface area contributed by atoms with Crippen molar-refractivity contribution >= 4 is 17.6 Å². The summed E-state index contributed by atoms with van der Waals surface area (Å²) in [5.41, 5.74) is 2.04. The summed E-state index contributed by atoms with van der Waals surface area (Å²) >= 11 is 0. The van der Waals surface area contributed by atoms with Crippen LogP contribution in [0.5, 0.6) is 11.5 Å². The van der Waals surface area contributed by atoms with Crippen LogP contribution in [0.2, 0.25) is 0 Å². The van der Waals surface area contributed by atoms with Gasteiger partial charge in [-0.3, -0.25) is 4.57 Å². The lowest BCUT2D eigenvalue weighted by atomic mass is 10.1. The highest BCUT2D eigenvalue weighted by Crippen LogP contribution is 2.31. The lowest BCUT2D eigenvalue weighted by Crippen LogP contribution is -2.38. The number of nitriles is 1. The molecule has 4 rings (SSSR count). The zero-order valence-corrected chi connectivity index (χ0v) is 18.5. The molecule has 0 bridgehead atoms. The molecule has 1 aliphatic heterocycles. The monoisotopic (exact) mass is 443 g/mol. The molecule has 1 saturated heterocycles. The molecule has 1 fully saturated rings. The van der Waals surface area contributed by atoms with Crippen molar-refractivity contribution in [3.63, 3.8) is 0 Å². The molecule has 2 heterocycles. The summed E-state index contributed by atoms with van der Waals surface area (Å²) < 4.78 is 18.5. The molecular weight excluding hydrogens is 418 g/mol. The molecule has 1 aromatic heterocycles. The first-order valence-electron chi connectivity index (χ1n) is 10.6. The third-order valence-corrected chi connectivity index (χ3v) is 5.17. The number of para-hydroxylation sites is 1. The molecule has 1 aliphatic rings. The first-order valence-corrected chi connectivity index (χ1v) is 10.6. The van der Waals surface area contributed by atoms with E-state index < -0.39 is 0 Å². The van der Waals surface area contributed by atoms with Gasteiger partial charge in [-0.25, -0.2) is 0 Å². The van der Waals surface area contributed by atoms with Crippen molar-refractivity contribution in [1.82, 2.24) is 14.8 Å². The molecule has 8 nitrogen and oxygen atoms in total. The normalized spacial score (nSPS) is 13.9. The predicted molar refractivity (Wildman–Crippen MR) is 127 cm³/mol. The van der Waals surface area contributed by atoms with Crippen molar-refractivity contribution in [2.45, 2.75) is 0 Å². The highest BCUT2D eigenvalue weighted by Gasteiger charge is 2.23. The Morgan fingerprint density at radius 2 is 1.94 bits per heavy atom. The van der Waals surface area contributed by atoms with E-state index in [0.29, 0.717) is 61.8 Å². The summed E-state index contributed by atoms with van der Waals surface area (Å²) in [4.78, 5) is 2.12. The van der Waals surface area contributed by atoms with Crippen molar-refractivity contribution < 1.29 is 14.2 Å². The summed E-state index contributed by atoms with van der Waals surface area (Å²) in [6.45, 7) is 6.70. The van der Waals surface area contributed by atoms with E-state index in [2.05, 4.69) is 27.7 Å². The summed E-state index contributed by atoms with van der Waals surface area (Å²) in [5.74, 6) is 2.33.